The van der Waals surface area contributed by atoms with Crippen molar-refractivity contribution in [2.75, 3.05) is 0 Å². The second-order valence-corrected chi connectivity index (χ2v) is 6.37. The molecule has 0 spiro atoms. The van der Waals surface area contributed by atoms with Crippen LogP contribution in [0.2, 0.25) is 0 Å². The molecule has 2 aromatic rings. The van der Waals surface area contributed by atoms with Gasteiger partial charge < -0.3 is 5.11 Å². The van der Waals surface area contributed by atoms with E-state index in [2.05, 4.69) is 10.2 Å². The van der Waals surface area contributed by atoms with Crippen LogP contribution in [-0.4, -0.2) is 22.6 Å². The van der Waals surface area contributed by atoms with Crippen LogP contribution >= 0.6 is 0 Å². The molecular weight excluding hydrogens is 348 g/mol. The highest BCUT2D eigenvalue weighted by molar-refractivity contribution is 7.86. The average molecular weight is 362 g/mol. The number of aromatic hydroxyl groups is 1. The monoisotopic (exact) mass is 362 g/mol. The molecule has 0 amide bonds. The molecule has 0 atom stereocenters. The molecule has 130 valence electrons. The molecule has 9 nitrogen and oxygen atoms in total. The van der Waals surface area contributed by atoms with Crippen molar-refractivity contribution in [1.82, 2.24) is 4.57 Å². The summed E-state index contributed by atoms with van der Waals surface area (Å²) in [7, 11) is -4.52. The largest absolute Gasteiger partial charge is 0.493 e. The quantitative estimate of drug-likeness (QED) is 0.631. The fraction of sp³-hybridized carbons (Fsp3) is 0.200. The third-order valence-corrected chi connectivity index (χ3v) is 4.39. The van der Waals surface area contributed by atoms with Crippen LogP contribution in [0.15, 0.2) is 44.2 Å². The number of rotatable bonds is 4. The van der Waals surface area contributed by atoms with Crippen molar-refractivity contribution in [3.63, 3.8) is 0 Å². The average Bonchev–Trinajstić information content (AvgIpc) is 2.55. The second-order valence-electron chi connectivity index (χ2n) is 4.98. The van der Waals surface area contributed by atoms with Gasteiger partial charge in [-0.1, -0.05) is 12.1 Å². The van der Waals surface area contributed by atoms with Gasteiger partial charge in [-0.15, -0.1) is 10.2 Å². The molecule has 1 aromatic carbocycles. The lowest BCUT2D eigenvalue weighted by atomic mass is 10.1. The van der Waals surface area contributed by atoms with Crippen molar-refractivity contribution < 1.29 is 18.1 Å². The highest BCUT2D eigenvalue weighted by atomic mass is 32.2. The summed E-state index contributed by atoms with van der Waals surface area (Å²) < 4.78 is 32.9. The Bertz CT molecular complexity index is 1060. The zero-order valence-electron chi connectivity index (χ0n) is 13.3. The molecule has 0 aliphatic carbocycles. The first-order valence-corrected chi connectivity index (χ1v) is 8.51. The number of nitrogens with zero attached hydrogens (tertiary/aromatic N) is 4. The Labute approximate surface area is 143 Å². The Hall–Kier alpha value is -3.03. The molecule has 0 bridgehead atoms. The van der Waals surface area contributed by atoms with E-state index in [-0.39, 0.29) is 29.0 Å². The number of nitriles is 1. The van der Waals surface area contributed by atoms with Crippen LogP contribution in [0.25, 0.3) is 0 Å². The first-order valence-electron chi connectivity index (χ1n) is 7.07. The summed E-state index contributed by atoms with van der Waals surface area (Å²) in [5.74, 6) is -0.468. The van der Waals surface area contributed by atoms with Crippen LogP contribution in [0.4, 0.5) is 11.4 Å². The van der Waals surface area contributed by atoms with E-state index in [1.54, 1.807) is 13.0 Å². The number of hydrogen-bond donors (Lipinski definition) is 2. The first-order chi connectivity index (χ1) is 11.7. The number of pyridine rings is 1. The highest BCUT2D eigenvalue weighted by Crippen LogP contribution is 2.29. The van der Waals surface area contributed by atoms with Gasteiger partial charge in [0.1, 0.15) is 22.2 Å². The van der Waals surface area contributed by atoms with Crippen molar-refractivity contribution in [2.24, 2.45) is 10.2 Å². The van der Waals surface area contributed by atoms with E-state index in [4.69, 9.17) is 5.26 Å². The van der Waals surface area contributed by atoms with E-state index < -0.39 is 26.5 Å². The summed E-state index contributed by atoms with van der Waals surface area (Å²) in [5, 5.41) is 26.6. The number of benzene rings is 1. The molecule has 0 radical (unpaired) electrons. The van der Waals surface area contributed by atoms with Gasteiger partial charge in [0, 0.05) is 12.1 Å². The molecule has 0 saturated heterocycles. The fourth-order valence-electron chi connectivity index (χ4n) is 2.21. The minimum absolute atomic E-state index is 0.101. The van der Waals surface area contributed by atoms with Crippen molar-refractivity contribution >= 4 is 21.5 Å². The Balaban J connectivity index is 2.70. The topological polar surface area (TPSA) is 145 Å². The second kappa shape index (κ2) is 6.84. The van der Waals surface area contributed by atoms with Gasteiger partial charge in [0.2, 0.25) is 5.88 Å². The maximum Gasteiger partial charge on any atom is 0.296 e. The standard InChI is InChI=1S/C15H14N4O5S/c1-3-19-14(20)10(8-16)9(2)13(15(19)21)18-17-11-6-4-5-7-12(11)25(22,23)24/h4-7,20H,3H2,1-2H3,(H,22,23,24). The van der Waals surface area contributed by atoms with Crippen LogP contribution in [0.5, 0.6) is 5.88 Å². The lowest BCUT2D eigenvalue weighted by molar-refractivity contribution is 0.409. The van der Waals surface area contributed by atoms with Crippen LogP contribution in [0.3, 0.4) is 0 Å². The van der Waals surface area contributed by atoms with Crippen molar-refractivity contribution in [3.05, 3.63) is 45.7 Å². The van der Waals surface area contributed by atoms with Gasteiger partial charge in [-0.2, -0.15) is 13.7 Å². The summed E-state index contributed by atoms with van der Waals surface area (Å²) in [6.07, 6.45) is 0. The Morgan fingerprint density at radius 2 is 1.92 bits per heavy atom. The number of azo groups is 1. The summed E-state index contributed by atoms with van der Waals surface area (Å²) >= 11 is 0. The minimum atomic E-state index is -4.52. The maximum absolute atomic E-state index is 12.4. The molecule has 1 heterocycles. The van der Waals surface area contributed by atoms with E-state index >= 15 is 0 Å². The Kier molecular flexibility index (Phi) is 5.01. The molecule has 0 unspecified atom stereocenters. The van der Waals surface area contributed by atoms with Gasteiger partial charge in [-0.05, 0) is 26.0 Å². The summed E-state index contributed by atoms with van der Waals surface area (Å²) in [6.45, 7) is 3.12. The molecule has 0 aliphatic heterocycles. The van der Waals surface area contributed by atoms with Crippen molar-refractivity contribution in [2.45, 2.75) is 25.3 Å². The molecule has 0 saturated carbocycles. The Morgan fingerprint density at radius 3 is 2.48 bits per heavy atom. The van der Waals surface area contributed by atoms with E-state index in [0.717, 1.165) is 10.6 Å². The third-order valence-electron chi connectivity index (χ3n) is 3.49. The summed E-state index contributed by atoms with van der Waals surface area (Å²) in [6, 6.07) is 7.11. The lowest BCUT2D eigenvalue weighted by Gasteiger charge is -2.10. The smallest absolute Gasteiger partial charge is 0.296 e. The molecule has 25 heavy (non-hydrogen) atoms. The summed E-state index contributed by atoms with van der Waals surface area (Å²) in [5.41, 5.74) is -1.06. The molecule has 2 N–H and O–H groups in total. The van der Waals surface area contributed by atoms with Gasteiger partial charge in [0.05, 0.1) is 0 Å². The van der Waals surface area contributed by atoms with E-state index in [1.807, 2.05) is 0 Å². The zero-order chi connectivity index (χ0) is 18.8. The molecule has 1 aromatic heterocycles. The molecule has 10 heteroatoms. The Morgan fingerprint density at radius 1 is 1.28 bits per heavy atom. The molecule has 2 rings (SSSR count). The SMILES string of the molecule is CCn1c(O)c(C#N)c(C)c(N=Nc2ccccc2S(=O)(=O)O)c1=O. The van der Waals surface area contributed by atoms with Crippen molar-refractivity contribution in [3.8, 4) is 11.9 Å². The van der Waals surface area contributed by atoms with Gasteiger partial charge >= 0.3 is 0 Å². The van der Waals surface area contributed by atoms with Gasteiger partial charge in [-0.3, -0.25) is 13.9 Å². The van der Waals surface area contributed by atoms with E-state index in [9.17, 15) is 22.9 Å². The van der Waals surface area contributed by atoms with Crippen LogP contribution in [-0.2, 0) is 16.7 Å². The van der Waals surface area contributed by atoms with Crippen LogP contribution in [0, 0.1) is 18.3 Å². The predicted octanol–water partition coefficient (Wildman–Crippen LogP) is 2.42. The first kappa shape index (κ1) is 18.3. The van der Waals surface area contributed by atoms with Crippen LogP contribution in [0.1, 0.15) is 18.1 Å². The number of hydrogen-bond acceptors (Lipinski definition) is 7. The van der Waals surface area contributed by atoms with E-state index in [1.165, 1.54) is 25.1 Å². The minimum Gasteiger partial charge on any atom is -0.493 e. The molecular formula is C15H14N4O5S. The van der Waals surface area contributed by atoms with Gasteiger partial charge in [-0.25, -0.2) is 0 Å². The number of aromatic nitrogens is 1. The predicted molar refractivity (Wildman–Crippen MR) is 87.9 cm³/mol. The third kappa shape index (κ3) is 3.42. The molecule has 0 aliphatic rings. The lowest BCUT2D eigenvalue weighted by Crippen LogP contribution is -2.20. The van der Waals surface area contributed by atoms with E-state index in [0.29, 0.717) is 0 Å². The normalized spacial score (nSPS) is 11.6. The maximum atomic E-state index is 12.4. The zero-order valence-corrected chi connectivity index (χ0v) is 14.1. The summed E-state index contributed by atoms with van der Waals surface area (Å²) in [4.78, 5) is 11.9. The van der Waals surface area contributed by atoms with Crippen molar-refractivity contribution in [1.29, 1.82) is 5.26 Å². The van der Waals surface area contributed by atoms with Crippen LogP contribution < -0.4 is 5.56 Å². The molecule has 0 fully saturated rings. The highest BCUT2D eigenvalue weighted by Gasteiger charge is 2.19. The van der Waals surface area contributed by atoms with Gasteiger partial charge in [0.15, 0.2) is 5.69 Å². The van der Waals surface area contributed by atoms with Gasteiger partial charge in [0.25, 0.3) is 15.7 Å². The fourth-order valence-corrected chi connectivity index (χ4v) is 2.84.